The molecule has 15 heteroatoms. The third kappa shape index (κ3) is 11.1. The van der Waals surface area contributed by atoms with Gasteiger partial charge in [0, 0.05) is 44.6 Å². The van der Waals surface area contributed by atoms with Crippen LogP contribution in [-0.2, 0) is 35.0 Å². The first-order valence-electron chi connectivity index (χ1n) is 19.0. The van der Waals surface area contributed by atoms with E-state index in [1.807, 2.05) is 34.7 Å². The number of halogens is 1. The lowest BCUT2D eigenvalue weighted by molar-refractivity contribution is -0.144. The Morgan fingerprint density at radius 2 is 1.91 bits per heavy atom. The molecule has 4 rings (SSSR count). The number of ether oxygens (including phenoxy) is 3. The Morgan fingerprint density at radius 3 is 2.56 bits per heavy atom. The van der Waals surface area contributed by atoms with Crippen LogP contribution in [0.25, 0.3) is 0 Å². The zero-order valence-corrected chi connectivity index (χ0v) is 33.5. The highest BCUT2D eigenvalue weighted by molar-refractivity contribution is 7.09. The minimum absolute atomic E-state index is 0.0372. The number of benzene rings is 1. The van der Waals surface area contributed by atoms with E-state index in [1.165, 1.54) is 30.6 Å². The molecule has 1 aromatic carbocycles. The molecule has 3 amide bonds. The van der Waals surface area contributed by atoms with E-state index in [-0.39, 0.29) is 61.2 Å². The minimum atomic E-state index is -1.08. The number of fused-ring (bicyclic) bond motifs is 1. The number of amides is 3. The van der Waals surface area contributed by atoms with Crippen molar-refractivity contribution in [2.24, 2.45) is 11.8 Å². The molecule has 3 N–H and O–H groups in total. The average molecular weight is 776 g/mol. The standard InChI is InChI=1S/C39H58FN5O8S/c1-8-24(4)34(43-36(47)31-11-9-10-14-44(31)5)38(48)45(15-16-51-6)32(23(2)3)20-33(53-22-52-7)37-42-30(21-54-37)35(46)41-27-17-25-12-13-26(40)18-28(25)29(19-27)39(49)50/h12-13,18,21,23-24,27,29,31-34H,8-11,14-17,19-20,22H2,1-7H3,(H,41,46)(H,43,47)(H,49,50)/t24-,27-,29+,31+,32+,33+,34-/m0/s1. The number of carbonyl (C=O) groups is 4. The van der Waals surface area contributed by atoms with Gasteiger partial charge in [-0.1, -0.05) is 46.6 Å². The molecule has 7 atom stereocenters. The van der Waals surface area contributed by atoms with Crippen LogP contribution in [0.15, 0.2) is 23.6 Å². The van der Waals surface area contributed by atoms with Crippen molar-refractivity contribution in [3.8, 4) is 0 Å². The molecule has 0 unspecified atom stereocenters. The zero-order chi connectivity index (χ0) is 39.5. The summed E-state index contributed by atoms with van der Waals surface area (Å²) in [5, 5.41) is 18.1. The lowest BCUT2D eigenvalue weighted by atomic mass is 9.80. The predicted octanol–water partition coefficient (Wildman–Crippen LogP) is 4.76. The third-order valence-electron chi connectivity index (χ3n) is 10.8. The quantitative estimate of drug-likeness (QED) is 0.170. The number of aliphatic carboxylic acids is 1. The fraction of sp³-hybridized carbons (Fsp3) is 0.667. The Balaban J connectivity index is 1.55. The van der Waals surface area contributed by atoms with Crippen LogP contribution in [0.4, 0.5) is 4.39 Å². The van der Waals surface area contributed by atoms with Crippen molar-refractivity contribution in [2.45, 2.75) is 109 Å². The lowest BCUT2D eigenvalue weighted by Gasteiger charge is -2.40. The van der Waals surface area contributed by atoms with Gasteiger partial charge in [-0.3, -0.25) is 24.1 Å². The van der Waals surface area contributed by atoms with Crippen LogP contribution in [-0.4, -0.2) is 116 Å². The highest BCUT2D eigenvalue weighted by Crippen LogP contribution is 2.34. The van der Waals surface area contributed by atoms with Crippen LogP contribution in [0.5, 0.6) is 0 Å². The second kappa shape index (κ2) is 20.4. The number of rotatable bonds is 19. The van der Waals surface area contributed by atoms with Gasteiger partial charge < -0.3 is 34.9 Å². The number of likely N-dealkylation sites (tertiary alicyclic amines) is 1. The van der Waals surface area contributed by atoms with Crippen LogP contribution in [0.1, 0.15) is 105 Å². The Kier molecular flexibility index (Phi) is 16.4. The first-order valence-corrected chi connectivity index (χ1v) is 19.8. The van der Waals surface area contributed by atoms with Crippen LogP contribution < -0.4 is 10.6 Å². The predicted molar refractivity (Wildman–Crippen MR) is 203 cm³/mol. The summed E-state index contributed by atoms with van der Waals surface area (Å²) in [6.07, 6.45) is 3.59. The molecule has 1 aliphatic carbocycles. The summed E-state index contributed by atoms with van der Waals surface area (Å²) in [6, 6.07) is 2.23. The van der Waals surface area contributed by atoms with Gasteiger partial charge in [0.05, 0.1) is 18.6 Å². The summed E-state index contributed by atoms with van der Waals surface area (Å²) in [6.45, 7) is 9.40. The maximum Gasteiger partial charge on any atom is 0.311 e. The first kappa shape index (κ1) is 43.2. The normalized spacial score (nSPS) is 21.1. The van der Waals surface area contributed by atoms with Crippen molar-refractivity contribution >= 4 is 35.0 Å². The Bertz CT molecular complexity index is 1570. The van der Waals surface area contributed by atoms with Crippen LogP contribution in [0, 0.1) is 17.7 Å². The van der Waals surface area contributed by atoms with Gasteiger partial charge in [-0.25, -0.2) is 9.37 Å². The first-order chi connectivity index (χ1) is 25.8. The van der Waals surface area contributed by atoms with E-state index in [4.69, 9.17) is 14.2 Å². The molecule has 0 bridgehead atoms. The van der Waals surface area contributed by atoms with Gasteiger partial charge in [0.25, 0.3) is 5.91 Å². The number of nitrogens with one attached hydrogen (secondary N) is 2. The topological polar surface area (TPSA) is 160 Å². The molecular formula is C39H58FN5O8S. The zero-order valence-electron chi connectivity index (χ0n) is 32.6. The van der Waals surface area contributed by atoms with Crippen molar-refractivity contribution in [3.05, 3.63) is 51.2 Å². The molecule has 2 heterocycles. The number of methoxy groups -OCH3 is 2. The Labute approximate surface area is 322 Å². The number of carbonyl (C=O) groups excluding carboxylic acids is 3. The lowest BCUT2D eigenvalue weighted by Crippen LogP contribution is -2.59. The largest absolute Gasteiger partial charge is 0.481 e. The van der Waals surface area contributed by atoms with Crippen LogP contribution in [0.2, 0.25) is 0 Å². The van der Waals surface area contributed by atoms with Gasteiger partial charge in [0.15, 0.2) is 0 Å². The molecule has 54 heavy (non-hydrogen) atoms. The van der Waals surface area contributed by atoms with Gasteiger partial charge in [0.1, 0.15) is 35.5 Å². The number of aromatic nitrogens is 1. The second-order valence-corrected chi connectivity index (χ2v) is 15.8. The highest BCUT2D eigenvalue weighted by Gasteiger charge is 2.39. The fourth-order valence-electron chi connectivity index (χ4n) is 7.49. The molecule has 1 aliphatic heterocycles. The minimum Gasteiger partial charge on any atom is -0.481 e. The summed E-state index contributed by atoms with van der Waals surface area (Å²) in [4.78, 5) is 62.3. The van der Waals surface area contributed by atoms with E-state index in [9.17, 15) is 28.7 Å². The average Bonchev–Trinajstić information content (AvgIpc) is 3.64. The van der Waals surface area contributed by atoms with E-state index in [0.717, 1.165) is 25.8 Å². The molecule has 0 spiro atoms. The highest BCUT2D eigenvalue weighted by atomic mass is 32.1. The van der Waals surface area contributed by atoms with Crippen molar-refractivity contribution in [2.75, 3.05) is 47.8 Å². The molecular weight excluding hydrogens is 718 g/mol. The van der Waals surface area contributed by atoms with Gasteiger partial charge in [0.2, 0.25) is 11.8 Å². The maximum absolute atomic E-state index is 14.6. The number of thiazole rings is 1. The van der Waals surface area contributed by atoms with E-state index in [1.54, 1.807) is 23.5 Å². The molecule has 1 saturated heterocycles. The summed E-state index contributed by atoms with van der Waals surface area (Å²) < 4.78 is 30.8. The van der Waals surface area contributed by atoms with Crippen molar-refractivity contribution in [3.63, 3.8) is 0 Å². The molecule has 13 nitrogen and oxygen atoms in total. The van der Waals surface area contributed by atoms with Crippen molar-refractivity contribution < 1.29 is 42.9 Å². The SMILES string of the molecule is CC[C@H](C)[C@H](NC(=O)[C@H]1CCCCN1C)C(=O)N(CCOC)[C@H](C[C@@H](OCOC)c1nc(C(=O)N[C@H]2Cc3ccc(F)cc3[C@H](C(=O)O)C2)cs1)C(C)C. The molecule has 0 saturated carbocycles. The van der Waals surface area contributed by atoms with E-state index in [2.05, 4.69) is 20.5 Å². The summed E-state index contributed by atoms with van der Waals surface area (Å²) in [5.74, 6) is -3.48. The second-order valence-electron chi connectivity index (χ2n) is 14.9. The number of nitrogens with zero attached hydrogens (tertiary/aromatic N) is 3. The molecule has 0 radical (unpaired) electrons. The summed E-state index contributed by atoms with van der Waals surface area (Å²) in [5.41, 5.74) is 1.25. The third-order valence-corrected chi connectivity index (χ3v) is 11.8. The van der Waals surface area contributed by atoms with E-state index in [0.29, 0.717) is 41.9 Å². The molecule has 1 aromatic heterocycles. The van der Waals surface area contributed by atoms with Crippen LogP contribution in [0.3, 0.4) is 0 Å². The molecule has 2 aliphatic rings. The Morgan fingerprint density at radius 1 is 1.15 bits per heavy atom. The maximum atomic E-state index is 14.6. The van der Waals surface area contributed by atoms with Crippen LogP contribution >= 0.6 is 11.3 Å². The van der Waals surface area contributed by atoms with Gasteiger partial charge in [-0.2, -0.15) is 0 Å². The van der Waals surface area contributed by atoms with Gasteiger partial charge in [-0.15, -0.1) is 11.3 Å². The monoisotopic (exact) mass is 775 g/mol. The Hall–Kier alpha value is -3.50. The van der Waals surface area contributed by atoms with Crippen molar-refractivity contribution in [1.29, 1.82) is 0 Å². The summed E-state index contributed by atoms with van der Waals surface area (Å²) >= 11 is 1.25. The van der Waals surface area contributed by atoms with E-state index >= 15 is 0 Å². The summed E-state index contributed by atoms with van der Waals surface area (Å²) in [7, 11) is 5.04. The fourth-order valence-corrected chi connectivity index (χ4v) is 8.35. The number of carboxylic acid groups (broad SMARTS) is 1. The number of piperidine rings is 1. The van der Waals surface area contributed by atoms with E-state index < -0.39 is 41.8 Å². The molecule has 300 valence electrons. The molecule has 1 fully saturated rings. The van der Waals surface area contributed by atoms with Gasteiger partial charge >= 0.3 is 5.97 Å². The number of hydrogen-bond acceptors (Lipinski definition) is 10. The number of likely N-dealkylation sites (N-methyl/N-ethyl adjacent to an activating group) is 1. The smallest absolute Gasteiger partial charge is 0.311 e. The number of carboxylic acids is 1. The van der Waals surface area contributed by atoms with Gasteiger partial charge in [-0.05, 0) is 74.4 Å². The van der Waals surface area contributed by atoms with Crippen molar-refractivity contribution in [1.82, 2.24) is 25.4 Å². The number of hydrogen-bond donors (Lipinski definition) is 3. The molecule has 2 aromatic rings.